The zero-order valence-corrected chi connectivity index (χ0v) is 17.0. The lowest BCUT2D eigenvalue weighted by Crippen LogP contribution is -2.39. The van der Waals surface area contributed by atoms with Crippen molar-refractivity contribution in [3.63, 3.8) is 0 Å². The molecule has 0 unspecified atom stereocenters. The third-order valence-electron chi connectivity index (χ3n) is 5.43. The number of aryl methyl sites for hydroxylation is 1. The summed E-state index contributed by atoms with van der Waals surface area (Å²) in [7, 11) is 1.78. The standard InChI is InChI=1S/C21H36N4O2/c1-3-22-20(24-18-21(13-17-27-2)11-5-6-12-21)23-14-7-9-16-25-15-8-4-10-19(25)26/h4,8,10,15H,3,5-7,9,11-14,16-18H2,1-2H3,(H2,22,23,24). The number of rotatable bonds is 11. The maximum Gasteiger partial charge on any atom is 0.250 e. The Balaban J connectivity index is 1.77. The van der Waals surface area contributed by atoms with Crippen molar-refractivity contribution in [1.29, 1.82) is 0 Å². The molecule has 6 nitrogen and oxygen atoms in total. The van der Waals surface area contributed by atoms with Crippen molar-refractivity contribution in [3.05, 3.63) is 34.7 Å². The predicted octanol–water partition coefficient (Wildman–Crippen LogP) is 2.78. The Morgan fingerprint density at radius 3 is 2.78 bits per heavy atom. The molecule has 6 heteroatoms. The van der Waals surface area contributed by atoms with Crippen LogP contribution in [-0.4, -0.2) is 43.9 Å². The predicted molar refractivity (Wildman–Crippen MR) is 111 cm³/mol. The Bertz CT molecular complexity index is 621. The molecule has 2 N–H and O–H groups in total. The molecule has 0 bridgehead atoms. The van der Waals surface area contributed by atoms with Crippen LogP contribution < -0.4 is 16.2 Å². The number of hydrogen-bond donors (Lipinski definition) is 2. The van der Waals surface area contributed by atoms with E-state index in [0.717, 1.165) is 58.0 Å². The number of guanidine groups is 1. The van der Waals surface area contributed by atoms with Gasteiger partial charge in [0.2, 0.25) is 5.56 Å². The fraction of sp³-hybridized carbons (Fsp3) is 0.714. The Hall–Kier alpha value is -1.82. The molecule has 0 radical (unpaired) electrons. The van der Waals surface area contributed by atoms with Crippen LogP contribution in [0.15, 0.2) is 34.2 Å². The quantitative estimate of drug-likeness (QED) is 0.354. The fourth-order valence-corrected chi connectivity index (χ4v) is 3.78. The van der Waals surface area contributed by atoms with Crippen molar-refractivity contribution < 1.29 is 4.74 Å². The highest BCUT2D eigenvalue weighted by atomic mass is 16.5. The first-order valence-corrected chi connectivity index (χ1v) is 10.4. The molecule has 1 heterocycles. The van der Waals surface area contributed by atoms with E-state index in [-0.39, 0.29) is 5.56 Å². The van der Waals surface area contributed by atoms with Crippen molar-refractivity contribution in [1.82, 2.24) is 15.2 Å². The van der Waals surface area contributed by atoms with Gasteiger partial charge in [0.05, 0.1) is 0 Å². The summed E-state index contributed by atoms with van der Waals surface area (Å²) in [4.78, 5) is 16.6. The summed E-state index contributed by atoms with van der Waals surface area (Å²) in [5.74, 6) is 0.901. The molecule has 1 aromatic rings. The smallest absolute Gasteiger partial charge is 0.250 e. The first kappa shape index (κ1) is 21.5. The Morgan fingerprint density at radius 1 is 1.26 bits per heavy atom. The molecule has 0 saturated heterocycles. The van der Waals surface area contributed by atoms with E-state index >= 15 is 0 Å². The Kier molecular flexibility index (Phi) is 9.39. The van der Waals surface area contributed by atoms with E-state index in [9.17, 15) is 4.79 Å². The van der Waals surface area contributed by atoms with Gasteiger partial charge in [-0.15, -0.1) is 0 Å². The normalized spacial score (nSPS) is 16.4. The lowest BCUT2D eigenvalue weighted by molar-refractivity contribution is 0.141. The van der Waals surface area contributed by atoms with Gasteiger partial charge in [-0.1, -0.05) is 18.9 Å². The van der Waals surface area contributed by atoms with Gasteiger partial charge >= 0.3 is 0 Å². The average Bonchev–Trinajstić information content (AvgIpc) is 3.15. The molecular weight excluding hydrogens is 340 g/mol. The average molecular weight is 377 g/mol. The van der Waals surface area contributed by atoms with E-state index in [4.69, 9.17) is 9.73 Å². The van der Waals surface area contributed by atoms with Crippen LogP contribution in [0.25, 0.3) is 0 Å². The summed E-state index contributed by atoms with van der Waals surface area (Å²) in [5.41, 5.74) is 0.380. The summed E-state index contributed by atoms with van der Waals surface area (Å²) in [5, 5.41) is 6.79. The van der Waals surface area contributed by atoms with Gasteiger partial charge in [-0.25, -0.2) is 0 Å². The number of methoxy groups -OCH3 is 1. The summed E-state index contributed by atoms with van der Waals surface area (Å²) < 4.78 is 7.08. The number of nitrogens with one attached hydrogen (secondary N) is 2. The van der Waals surface area contributed by atoms with Crippen LogP contribution in [0.3, 0.4) is 0 Å². The van der Waals surface area contributed by atoms with Crippen LogP contribution in [0.5, 0.6) is 0 Å². The molecule has 1 saturated carbocycles. The number of nitrogens with zero attached hydrogens (tertiary/aromatic N) is 2. The topological polar surface area (TPSA) is 67.7 Å². The lowest BCUT2D eigenvalue weighted by Gasteiger charge is -2.27. The van der Waals surface area contributed by atoms with Crippen LogP contribution in [0.1, 0.15) is 51.9 Å². The van der Waals surface area contributed by atoms with E-state index < -0.39 is 0 Å². The van der Waals surface area contributed by atoms with Crippen molar-refractivity contribution in [3.8, 4) is 0 Å². The van der Waals surface area contributed by atoms with Crippen molar-refractivity contribution in [2.45, 2.75) is 58.4 Å². The van der Waals surface area contributed by atoms with Crippen LogP contribution in [0.4, 0.5) is 0 Å². The van der Waals surface area contributed by atoms with E-state index in [1.54, 1.807) is 23.8 Å². The van der Waals surface area contributed by atoms with Crippen molar-refractivity contribution in [2.24, 2.45) is 10.4 Å². The third-order valence-corrected chi connectivity index (χ3v) is 5.43. The molecular formula is C21H36N4O2. The minimum Gasteiger partial charge on any atom is -0.385 e. The molecule has 1 aromatic heterocycles. The maximum atomic E-state index is 11.7. The van der Waals surface area contributed by atoms with Gasteiger partial charge < -0.3 is 19.9 Å². The number of aliphatic imine (C=N–C) groups is 1. The summed E-state index contributed by atoms with van der Waals surface area (Å²) >= 11 is 0. The Morgan fingerprint density at radius 2 is 2.07 bits per heavy atom. The molecule has 1 aliphatic carbocycles. The monoisotopic (exact) mass is 376 g/mol. The largest absolute Gasteiger partial charge is 0.385 e. The minimum atomic E-state index is 0.0679. The van der Waals surface area contributed by atoms with E-state index in [0.29, 0.717) is 5.41 Å². The second kappa shape index (κ2) is 11.8. The molecule has 27 heavy (non-hydrogen) atoms. The molecule has 2 rings (SSSR count). The Labute approximate surface area is 163 Å². The number of hydrogen-bond acceptors (Lipinski definition) is 3. The molecule has 0 aliphatic heterocycles. The SMILES string of the molecule is CCNC(=NCC1(CCOC)CCCC1)NCCCCn1ccccc1=O. The van der Waals surface area contributed by atoms with Crippen LogP contribution in [0, 0.1) is 5.41 Å². The van der Waals surface area contributed by atoms with Gasteiger partial charge in [-0.2, -0.15) is 0 Å². The molecule has 1 fully saturated rings. The van der Waals surface area contributed by atoms with E-state index in [1.165, 1.54) is 25.7 Å². The van der Waals surface area contributed by atoms with Crippen molar-refractivity contribution >= 4 is 5.96 Å². The number of pyridine rings is 1. The summed E-state index contributed by atoms with van der Waals surface area (Å²) in [6, 6.07) is 5.29. The highest BCUT2D eigenvalue weighted by molar-refractivity contribution is 5.79. The second-order valence-corrected chi connectivity index (χ2v) is 7.51. The molecule has 0 spiro atoms. The summed E-state index contributed by atoms with van der Waals surface area (Å²) in [6.07, 6.45) is 10.0. The van der Waals surface area contributed by atoms with E-state index in [1.807, 2.05) is 12.3 Å². The maximum absolute atomic E-state index is 11.7. The number of unbranched alkanes of at least 4 members (excludes halogenated alkanes) is 1. The molecule has 152 valence electrons. The summed E-state index contributed by atoms with van der Waals surface area (Å²) in [6.45, 7) is 6.25. The first-order valence-electron chi connectivity index (χ1n) is 10.4. The lowest BCUT2D eigenvalue weighted by atomic mass is 9.83. The van der Waals surface area contributed by atoms with E-state index in [2.05, 4.69) is 17.6 Å². The second-order valence-electron chi connectivity index (χ2n) is 7.51. The van der Waals surface area contributed by atoms with Crippen molar-refractivity contribution in [2.75, 3.05) is 33.4 Å². The molecule has 0 amide bonds. The highest BCUT2D eigenvalue weighted by Crippen LogP contribution is 2.41. The number of aromatic nitrogens is 1. The van der Waals surface area contributed by atoms with Crippen LogP contribution in [0.2, 0.25) is 0 Å². The molecule has 0 aromatic carbocycles. The zero-order chi connectivity index (χ0) is 19.4. The molecule has 1 aliphatic rings. The van der Waals surface area contributed by atoms with Gasteiger partial charge in [0, 0.05) is 52.2 Å². The van der Waals surface area contributed by atoms with Gasteiger partial charge in [0.25, 0.3) is 0 Å². The number of ether oxygens (including phenoxy) is 1. The van der Waals surface area contributed by atoms with Crippen LogP contribution in [-0.2, 0) is 11.3 Å². The van der Waals surface area contributed by atoms with Crippen LogP contribution >= 0.6 is 0 Å². The van der Waals surface area contributed by atoms with Gasteiger partial charge in [-0.05, 0) is 50.5 Å². The van der Waals surface area contributed by atoms with Gasteiger partial charge in [0.15, 0.2) is 5.96 Å². The third kappa shape index (κ3) is 7.37. The van der Waals surface area contributed by atoms with Gasteiger partial charge in [-0.3, -0.25) is 9.79 Å². The molecule has 0 atom stereocenters. The fourth-order valence-electron chi connectivity index (χ4n) is 3.78. The zero-order valence-electron chi connectivity index (χ0n) is 17.0. The highest BCUT2D eigenvalue weighted by Gasteiger charge is 2.33. The minimum absolute atomic E-state index is 0.0679. The van der Waals surface area contributed by atoms with Gasteiger partial charge in [0.1, 0.15) is 0 Å². The first-order chi connectivity index (χ1) is 13.2.